The van der Waals surface area contributed by atoms with Crippen molar-refractivity contribution in [1.82, 2.24) is 0 Å². The molecule has 2 saturated carbocycles. The zero-order valence-electron chi connectivity index (χ0n) is 23.9. The normalized spacial score (nSPS) is 44.7. The van der Waals surface area contributed by atoms with Gasteiger partial charge in [-0.25, -0.2) is 0 Å². The molecule has 38 heavy (non-hydrogen) atoms. The van der Waals surface area contributed by atoms with Crippen LogP contribution in [-0.2, 0) is 9.59 Å². The van der Waals surface area contributed by atoms with E-state index in [1.807, 2.05) is 19.9 Å². The van der Waals surface area contributed by atoms with E-state index < -0.39 is 69.3 Å². The summed E-state index contributed by atoms with van der Waals surface area (Å²) in [6.45, 7) is 13.7. The lowest BCUT2D eigenvalue weighted by atomic mass is 9.38. The highest BCUT2D eigenvalue weighted by molar-refractivity contribution is 6.01. The molecular weight excluding hydrogens is 488 g/mol. The standard InChI is InChI=1S/C30H46O8/c1-25(2)15-9-10-19-27(5)13-18(32)23(30(8,38)21(34)12-20(33)26(3,4)37)28(27,6)14-22(35)29(19,7)16(15)11-17(31)24(25)36/h9,11,16,18-20,22-23,31-33,35,37-38H,10,12-14H2,1-8H3/t16-,18-,19+,20?,22?,23+,27+,28-,29+,30+/m1/s1. The van der Waals surface area contributed by atoms with Gasteiger partial charge in [-0.05, 0) is 76.7 Å². The van der Waals surface area contributed by atoms with Crippen LogP contribution in [0.15, 0.2) is 23.5 Å². The van der Waals surface area contributed by atoms with Gasteiger partial charge in [0.1, 0.15) is 5.60 Å². The third-order valence-electron chi connectivity index (χ3n) is 11.7. The average Bonchev–Trinajstić information content (AvgIpc) is 2.97. The molecule has 8 nitrogen and oxygen atoms in total. The fourth-order valence-corrected chi connectivity index (χ4v) is 9.05. The fraction of sp³-hybridized carbons (Fsp3) is 0.800. The van der Waals surface area contributed by atoms with E-state index in [1.165, 1.54) is 20.8 Å². The van der Waals surface area contributed by atoms with E-state index in [1.54, 1.807) is 19.9 Å². The lowest BCUT2D eigenvalue weighted by Gasteiger charge is -2.66. The van der Waals surface area contributed by atoms with E-state index in [2.05, 4.69) is 6.92 Å². The van der Waals surface area contributed by atoms with Gasteiger partial charge in [-0.1, -0.05) is 32.4 Å². The Labute approximate surface area is 225 Å². The molecule has 0 aromatic carbocycles. The number of aliphatic hydroxyl groups is 6. The van der Waals surface area contributed by atoms with Crippen molar-refractivity contribution in [1.29, 1.82) is 0 Å². The van der Waals surface area contributed by atoms with Crippen LogP contribution in [0.1, 0.15) is 81.1 Å². The van der Waals surface area contributed by atoms with Gasteiger partial charge in [0.25, 0.3) is 0 Å². The first-order valence-corrected chi connectivity index (χ1v) is 13.8. The Morgan fingerprint density at radius 3 is 2.18 bits per heavy atom. The van der Waals surface area contributed by atoms with Gasteiger partial charge in [0.2, 0.25) is 5.78 Å². The Hall–Kier alpha value is -1.58. The Bertz CT molecular complexity index is 1100. The fourth-order valence-electron chi connectivity index (χ4n) is 9.05. The Morgan fingerprint density at radius 1 is 1.05 bits per heavy atom. The molecule has 6 N–H and O–H groups in total. The highest BCUT2D eigenvalue weighted by Gasteiger charge is 2.74. The molecule has 0 aromatic rings. The van der Waals surface area contributed by atoms with Crippen molar-refractivity contribution >= 4 is 11.6 Å². The number of Topliss-reactive ketones (excluding diaryl/α,β-unsaturated/α-hetero) is 2. The van der Waals surface area contributed by atoms with Crippen molar-refractivity contribution in [3.8, 4) is 0 Å². The summed E-state index contributed by atoms with van der Waals surface area (Å²) in [6, 6.07) is 0. The number of carbonyl (C=O) groups is 2. The zero-order chi connectivity index (χ0) is 29.0. The molecule has 2 unspecified atom stereocenters. The molecule has 4 aliphatic carbocycles. The van der Waals surface area contributed by atoms with Gasteiger partial charge >= 0.3 is 0 Å². The first-order chi connectivity index (χ1) is 17.1. The second-order valence-corrected chi connectivity index (χ2v) is 14.5. The molecule has 0 radical (unpaired) electrons. The van der Waals surface area contributed by atoms with Crippen LogP contribution in [0.3, 0.4) is 0 Å². The van der Waals surface area contributed by atoms with E-state index in [0.717, 1.165) is 5.57 Å². The van der Waals surface area contributed by atoms with Crippen LogP contribution in [-0.4, -0.2) is 71.7 Å². The van der Waals surface area contributed by atoms with Gasteiger partial charge in [0.05, 0.1) is 29.3 Å². The highest BCUT2D eigenvalue weighted by Crippen LogP contribution is 2.74. The third-order valence-corrected chi connectivity index (χ3v) is 11.7. The number of ketones is 2. The van der Waals surface area contributed by atoms with Crippen LogP contribution in [0.2, 0.25) is 0 Å². The number of hydrogen-bond acceptors (Lipinski definition) is 8. The van der Waals surface area contributed by atoms with Crippen molar-refractivity contribution in [3.63, 3.8) is 0 Å². The maximum absolute atomic E-state index is 13.4. The highest BCUT2D eigenvalue weighted by atomic mass is 16.3. The number of hydrogen-bond donors (Lipinski definition) is 6. The Balaban J connectivity index is 1.78. The van der Waals surface area contributed by atoms with Crippen molar-refractivity contribution in [2.75, 3.05) is 0 Å². The first-order valence-electron chi connectivity index (χ1n) is 13.8. The van der Waals surface area contributed by atoms with Crippen LogP contribution < -0.4 is 0 Å². The molecule has 0 aromatic heterocycles. The van der Waals surface area contributed by atoms with Crippen LogP contribution in [0, 0.1) is 39.4 Å². The molecule has 2 fully saturated rings. The second kappa shape index (κ2) is 8.46. The van der Waals surface area contributed by atoms with Gasteiger partial charge in [-0.2, -0.15) is 0 Å². The summed E-state index contributed by atoms with van der Waals surface area (Å²) in [5.41, 5.74) is -5.81. The number of carbonyl (C=O) groups excluding carboxylic acids is 2. The van der Waals surface area contributed by atoms with Crippen LogP contribution in [0.5, 0.6) is 0 Å². The molecule has 10 atom stereocenters. The molecule has 0 saturated heterocycles. The number of fused-ring (bicyclic) bond motifs is 5. The van der Waals surface area contributed by atoms with Crippen LogP contribution in [0.25, 0.3) is 0 Å². The van der Waals surface area contributed by atoms with Crippen molar-refractivity contribution < 1.29 is 40.2 Å². The molecule has 0 bridgehead atoms. The summed E-state index contributed by atoms with van der Waals surface area (Å²) >= 11 is 0. The Kier molecular flexibility index (Phi) is 6.55. The van der Waals surface area contributed by atoms with Gasteiger partial charge in [-0.3, -0.25) is 9.59 Å². The van der Waals surface area contributed by atoms with E-state index in [9.17, 15) is 40.2 Å². The average molecular weight is 535 g/mol. The minimum absolute atomic E-state index is 0.182. The molecule has 0 heterocycles. The Morgan fingerprint density at radius 2 is 1.63 bits per heavy atom. The molecular formula is C30H46O8. The molecule has 8 heteroatoms. The minimum Gasteiger partial charge on any atom is -0.505 e. The molecule has 0 amide bonds. The van der Waals surface area contributed by atoms with E-state index in [4.69, 9.17) is 0 Å². The third kappa shape index (κ3) is 3.66. The summed E-state index contributed by atoms with van der Waals surface area (Å²) in [5, 5.41) is 66.1. The van der Waals surface area contributed by atoms with Gasteiger partial charge < -0.3 is 30.6 Å². The van der Waals surface area contributed by atoms with E-state index in [-0.39, 0.29) is 29.8 Å². The number of aliphatic hydroxyl groups excluding tert-OH is 4. The predicted octanol–water partition coefficient (Wildman–Crippen LogP) is 2.61. The van der Waals surface area contributed by atoms with Crippen molar-refractivity contribution in [2.45, 2.75) is 111 Å². The smallest absolute Gasteiger partial charge is 0.206 e. The van der Waals surface area contributed by atoms with Crippen LogP contribution in [0.4, 0.5) is 0 Å². The lowest BCUT2D eigenvalue weighted by Crippen LogP contribution is -2.65. The predicted molar refractivity (Wildman–Crippen MR) is 141 cm³/mol. The molecule has 0 aliphatic heterocycles. The van der Waals surface area contributed by atoms with E-state index in [0.29, 0.717) is 12.8 Å². The molecule has 4 rings (SSSR count). The van der Waals surface area contributed by atoms with Gasteiger partial charge in [0, 0.05) is 23.7 Å². The summed E-state index contributed by atoms with van der Waals surface area (Å²) < 4.78 is 0. The second-order valence-electron chi connectivity index (χ2n) is 14.5. The largest absolute Gasteiger partial charge is 0.505 e. The molecule has 0 spiro atoms. The molecule has 4 aliphatic rings. The number of allylic oxidation sites excluding steroid dienone is 4. The summed E-state index contributed by atoms with van der Waals surface area (Å²) in [6.07, 6.45) is 0.838. The van der Waals surface area contributed by atoms with Crippen LogP contribution >= 0.6 is 0 Å². The minimum atomic E-state index is -2.02. The van der Waals surface area contributed by atoms with E-state index >= 15 is 0 Å². The SMILES string of the molecule is CC1(C)C(=O)C(O)=C[C@@H]2C1=CC[C@@H]1[C@@]2(C)C(O)C[C@]2(C)[C@@H]([C@@](C)(O)C(=O)CC(O)C(C)(C)O)[C@H](O)C[C@@]12C. The topological polar surface area (TPSA) is 156 Å². The lowest BCUT2D eigenvalue weighted by molar-refractivity contribution is -0.208. The monoisotopic (exact) mass is 534 g/mol. The maximum Gasteiger partial charge on any atom is 0.206 e. The zero-order valence-corrected chi connectivity index (χ0v) is 23.9. The summed E-state index contributed by atoms with van der Waals surface area (Å²) in [5.74, 6) is -2.80. The number of rotatable bonds is 5. The summed E-state index contributed by atoms with van der Waals surface area (Å²) in [4.78, 5) is 26.2. The molecule has 214 valence electrons. The van der Waals surface area contributed by atoms with Crippen molar-refractivity contribution in [2.24, 2.45) is 39.4 Å². The van der Waals surface area contributed by atoms with Crippen molar-refractivity contribution in [3.05, 3.63) is 23.5 Å². The quantitative estimate of drug-likeness (QED) is 0.294. The maximum atomic E-state index is 13.4. The van der Waals surface area contributed by atoms with Gasteiger partial charge in [0.15, 0.2) is 11.5 Å². The first kappa shape index (κ1) is 29.4. The van der Waals surface area contributed by atoms with Gasteiger partial charge in [-0.15, -0.1) is 0 Å². The summed E-state index contributed by atoms with van der Waals surface area (Å²) in [7, 11) is 0.